The van der Waals surface area contributed by atoms with Crippen LogP contribution in [0.15, 0.2) is 24.8 Å². The Kier molecular flexibility index (Phi) is 4.42. The second kappa shape index (κ2) is 6.15. The molecule has 1 saturated heterocycles. The highest BCUT2D eigenvalue weighted by Crippen LogP contribution is 2.52. The van der Waals surface area contributed by atoms with E-state index < -0.39 is 5.60 Å². The minimum absolute atomic E-state index is 0.178. The van der Waals surface area contributed by atoms with Crippen molar-refractivity contribution >= 4 is 11.7 Å². The molecule has 4 heteroatoms. The molecule has 1 aromatic rings. The molecule has 136 valence electrons. The van der Waals surface area contributed by atoms with E-state index in [1.165, 1.54) is 0 Å². The maximum atomic E-state index is 13.9. The number of amides is 1. The number of hydrogen-bond acceptors (Lipinski definition) is 2. The molecule has 0 aromatic heterocycles. The van der Waals surface area contributed by atoms with E-state index in [9.17, 15) is 9.18 Å². The zero-order chi connectivity index (χ0) is 18.4. The van der Waals surface area contributed by atoms with Gasteiger partial charge in [0.2, 0.25) is 0 Å². The van der Waals surface area contributed by atoms with Crippen LogP contribution in [0.5, 0.6) is 0 Å². The molecule has 2 fully saturated rings. The van der Waals surface area contributed by atoms with Crippen molar-refractivity contribution in [2.45, 2.75) is 58.5 Å². The summed E-state index contributed by atoms with van der Waals surface area (Å²) in [4.78, 5) is 13.9. The van der Waals surface area contributed by atoms with E-state index >= 15 is 0 Å². The fourth-order valence-electron chi connectivity index (χ4n) is 4.09. The molecule has 1 aliphatic heterocycles. The van der Waals surface area contributed by atoms with Crippen LogP contribution in [0.4, 0.5) is 9.18 Å². The third-order valence-electron chi connectivity index (χ3n) is 5.29. The topological polar surface area (TPSA) is 29.5 Å². The minimum Gasteiger partial charge on any atom is -0.444 e. The van der Waals surface area contributed by atoms with Crippen LogP contribution in [0.3, 0.4) is 0 Å². The minimum atomic E-state index is -0.460. The molecule has 1 amide bonds. The van der Waals surface area contributed by atoms with Gasteiger partial charge in [0.05, 0.1) is 0 Å². The maximum absolute atomic E-state index is 13.9. The predicted octanol–water partition coefficient (Wildman–Crippen LogP) is 5.36. The van der Waals surface area contributed by atoms with Gasteiger partial charge in [-0.1, -0.05) is 18.2 Å². The Morgan fingerprint density at radius 2 is 2.00 bits per heavy atom. The summed E-state index contributed by atoms with van der Waals surface area (Å²) in [5.41, 5.74) is 2.54. The standard InChI is InChI=1S/C21H28FNO2/c1-14(2)16-8-17(10-18(22)9-16)15-6-7-21(11-15)12-23(13-21)19(24)25-20(3,4)5/h8-10,15H,1,6-7,11-13H2,2-5H3. The number of nitrogens with zero attached hydrogens (tertiary/aromatic N) is 1. The van der Waals surface area contributed by atoms with Gasteiger partial charge in [0.25, 0.3) is 0 Å². The van der Waals surface area contributed by atoms with Gasteiger partial charge < -0.3 is 9.64 Å². The first-order valence-corrected chi connectivity index (χ1v) is 9.01. The van der Waals surface area contributed by atoms with Gasteiger partial charge in [-0.05, 0) is 76.1 Å². The summed E-state index contributed by atoms with van der Waals surface area (Å²) in [5, 5.41) is 0. The van der Waals surface area contributed by atoms with E-state index in [-0.39, 0.29) is 17.3 Å². The molecule has 0 bridgehead atoms. The number of likely N-dealkylation sites (tertiary alicyclic amines) is 1. The van der Waals surface area contributed by atoms with Crippen molar-refractivity contribution in [3.05, 3.63) is 41.7 Å². The molecule has 1 unspecified atom stereocenters. The smallest absolute Gasteiger partial charge is 0.410 e. The van der Waals surface area contributed by atoms with Crippen LogP contribution in [0.2, 0.25) is 0 Å². The summed E-state index contributed by atoms with van der Waals surface area (Å²) >= 11 is 0. The van der Waals surface area contributed by atoms with Gasteiger partial charge in [0.15, 0.2) is 0 Å². The molecule has 0 N–H and O–H groups in total. The highest BCUT2D eigenvalue weighted by atomic mass is 19.1. The van der Waals surface area contributed by atoms with Crippen LogP contribution in [0, 0.1) is 11.2 Å². The summed E-state index contributed by atoms with van der Waals surface area (Å²) in [6.07, 6.45) is 2.90. The van der Waals surface area contributed by atoms with Gasteiger partial charge in [0.1, 0.15) is 11.4 Å². The fourth-order valence-corrected chi connectivity index (χ4v) is 4.09. The Balaban J connectivity index is 1.64. The number of carbonyl (C=O) groups is 1. The second-order valence-corrected chi connectivity index (χ2v) is 8.83. The fraction of sp³-hybridized carbons (Fsp3) is 0.571. The molecule has 3 nitrogen and oxygen atoms in total. The lowest BCUT2D eigenvalue weighted by molar-refractivity contribution is -0.0323. The molecule has 1 heterocycles. The molecule has 0 radical (unpaired) electrons. The Morgan fingerprint density at radius 1 is 1.32 bits per heavy atom. The average molecular weight is 345 g/mol. The summed E-state index contributed by atoms with van der Waals surface area (Å²) in [7, 11) is 0. The number of halogens is 1. The molecular weight excluding hydrogens is 317 g/mol. The van der Waals surface area contributed by atoms with Crippen LogP contribution < -0.4 is 0 Å². The number of benzene rings is 1. The van der Waals surface area contributed by atoms with Crippen LogP contribution >= 0.6 is 0 Å². The number of hydrogen-bond donors (Lipinski definition) is 0. The normalized spacial score (nSPS) is 22.0. The quantitative estimate of drug-likeness (QED) is 0.722. The van der Waals surface area contributed by atoms with E-state index in [0.717, 1.165) is 49.1 Å². The van der Waals surface area contributed by atoms with Gasteiger partial charge >= 0.3 is 6.09 Å². The van der Waals surface area contributed by atoms with Gasteiger partial charge in [0, 0.05) is 18.5 Å². The van der Waals surface area contributed by atoms with Crippen LogP contribution in [-0.4, -0.2) is 29.7 Å². The monoisotopic (exact) mass is 345 g/mol. The summed E-state index contributed by atoms with van der Waals surface area (Å²) < 4.78 is 19.4. The van der Waals surface area contributed by atoms with E-state index in [1.54, 1.807) is 17.0 Å². The molecule has 1 aromatic carbocycles. The molecule has 25 heavy (non-hydrogen) atoms. The van der Waals surface area contributed by atoms with Crippen molar-refractivity contribution in [1.29, 1.82) is 0 Å². The zero-order valence-corrected chi connectivity index (χ0v) is 15.7. The summed E-state index contributed by atoms with van der Waals surface area (Å²) in [6.45, 7) is 13.0. The SMILES string of the molecule is C=C(C)c1cc(F)cc(C2CCC3(C2)CN(C(=O)OC(C)(C)C)C3)c1. The molecule has 1 saturated carbocycles. The first-order valence-electron chi connectivity index (χ1n) is 9.01. The van der Waals surface area contributed by atoms with Crippen LogP contribution in [0.25, 0.3) is 5.57 Å². The van der Waals surface area contributed by atoms with E-state index in [1.807, 2.05) is 27.7 Å². The highest BCUT2D eigenvalue weighted by molar-refractivity contribution is 5.69. The predicted molar refractivity (Wildman–Crippen MR) is 97.9 cm³/mol. The first kappa shape index (κ1) is 18.0. The number of allylic oxidation sites excluding steroid dienone is 1. The van der Waals surface area contributed by atoms with Crippen molar-refractivity contribution in [1.82, 2.24) is 4.90 Å². The lowest BCUT2D eigenvalue weighted by Gasteiger charge is -2.48. The zero-order valence-electron chi connectivity index (χ0n) is 15.7. The first-order chi connectivity index (χ1) is 11.6. The van der Waals surface area contributed by atoms with Crippen LogP contribution in [0.1, 0.15) is 64.0 Å². The lowest BCUT2D eigenvalue weighted by atomic mass is 9.77. The third-order valence-corrected chi connectivity index (χ3v) is 5.29. The number of carbonyl (C=O) groups excluding carboxylic acids is 1. The summed E-state index contributed by atoms with van der Waals surface area (Å²) in [5.74, 6) is 0.162. The Morgan fingerprint density at radius 3 is 2.60 bits per heavy atom. The van der Waals surface area contributed by atoms with Crippen molar-refractivity contribution in [3.63, 3.8) is 0 Å². The van der Waals surface area contributed by atoms with Crippen molar-refractivity contribution in [2.75, 3.05) is 13.1 Å². The molecule has 3 rings (SSSR count). The van der Waals surface area contributed by atoms with Crippen molar-refractivity contribution in [2.24, 2.45) is 5.41 Å². The Bertz CT molecular complexity index is 698. The van der Waals surface area contributed by atoms with Crippen LogP contribution in [-0.2, 0) is 4.74 Å². The molecule has 1 atom stereocenters. The summed E-state index contributed by atoms with van der Waals surface area (Å²) in [6, 6.07) is 5.27. The van der Waals surface area contributed by atoms with E-state index in [0.29, 0.717) is 5.92 Å². The Hall–Kier alpha value is -1.84. The van der Waals surface area contributed by atoms with E-state index in [4.69, 9.17) is 4.74 Å². The van der Waals surface area contributed by atoms with Gasteiger partial charge in [-0.3, -0.25) is 0 Å². The Labute approximate surface area is 149 Å². The molecule has 2 aliphatic rings. The second-order valence-electron chi connectivity index (χ2n) is 8.83. The number of rotatable bonds is 2. The highest BCUT2D eigenvalue weighted by Gasteiger charge is 2.50. The maximum Gasteiger partial charge on any atom is 0.410 e. The van der Waals surface area contributed by atoms with E-state index in [2.05, 4.69) is 12.6 Å². The number of ether oxygens (including phenoxy) is 1. The van der Waals surface area contributed by atoms with Gasteiger partial charge in [-0.25, -0.2) is 9.18 Å². The largest absolute Gasteiger partial charge is 0.444 e. The van der Waals surface area contributed by atoms with Crippen molar-refractivity contribution < 1.29 is 13.9 Å². The molecule has 1 aliphatic carbocycles. The van der Waals surface area contributed by atoms with Crippen molar-refractivity contribution in [3.8, 4) is 0 Å². The molecule has 1 spiro atoms. The van der Waals surface area contributed by atoms with Gasteiger partial charge in [-0.2, -0.15) is 0 Å². The third kappa shape index (κ3) is 3.88. The molecular formula is C21H28FNO2. The average Bonchev–Trinajstić information content (AvgIpc) is 2.88. The lowest BCUT2D eigenvalue weighted by Crippen LogP contribution is -2.58. The van der Waals surface area contributed by atoms with Gasteiger partial charge in [-0.15, -0.1) is 0 Å².